The lowest BCUT2D eigenvalue weighted by Gasteiger charge is -2.34. The first kappa shape index (κ1) is 16.4. The number of piperazine rings is 1. The minimum atomic E-state index is 0.202. The van der Waals surface area contributed by atoms with Gasteiger partial charge in [0.1, 0.15) is 0 Å². The number of carbonyl (C=O) groups excluding carboxylic acids is 1. The summed E-state index contributed by atoms with van der Waals surface area (Å²) in [6.07, 6.45) is 2.96. The van der Waals surface area contributed by atoms with Gasteiger partial charge in [-0.2, -0.15) is 0 Å². The van der Waals surface area contributed by atoms with Gasteiger partial charge < -0.3 is 15.1 Å². The van der Waals surface area contributed by atoms with Crippen LogP contribution >= 0.6 is 0 Å². The Morgan fingerprint density at radius 2 is 1.63 bits per heavy atom. The predicted molar refractivity (Wildman–Crippen MR) is 80.3 cm³/mol. The van der Waals surface area contributed by atoms with Crippen molar-refractivity contribution in [1.29, 1.82) is 0 Å². The molecule has 112 valence electrons. The van der Waals surface area contributed by atoms with Crippen LogP contribution in [0.4, 0.5) is 0 Å². The molecule has 0 spiro atoms. The SMILES string of the molecule is CCC(CC)C(=O)NCCCN1CCN(CC)CC1. The molecule has 0 aromatic carbocycles. The third kappa shape index (κ3) is 5.91. The molecule has 1 rings (SSSR count). The molecule has 0 radical (unpaired) electrons. The van der Waals surface area contributed by atoms with Gasteiger partial charge in [0.2, 0.25) is 5.91 Å². The van der Waals surface area contributed by atoms with Crippen LogP contribution in [-0.2, 0) is 4.79 Å². The first-order valence-corrected chi connectivity index (χ1v) is 7.93. The topological polar surface area (TPSA) is 35.6 Å². The fourth-order valence-corrected chi connectivity index (χ4v) is 2.65. The van der Waals surface area contributed by atoms with Gasteiger partial charge >= 0.3 is 0 Å². The number of hydrogen-bond donors (Lipinski definition) is 1. The van der Waals surface area contributed by atoms with Gasteiger partial charge in [-0.1, -0.05) is 20.8 Å². The van der Waals surface area contributed by atoms with Gasteiger partial charge in [0.15, 0.2) is 0 Å². The largest absolute Gasteiger partial charge is 0.356 e. The Morgan fingerprint density at radius 1 is 1.05 bits per heavy atom. The van der Waals surface area contributed by atoms with Crippen LogP contribution in [0.5, 0.6) is 0 Å². The highest BCUT2D eigenvalue weighted by atomic mass is 16.1. The molecule has 1 heterocycles. The Kier molecular flexibility index (Phi) is 8.07. The number of carbonyl (C=O) groups is 1. The van der Waals surface area contributed by atoms with Crippen LogP contribution < -0.4 is 5.32 Å². The average Bonchev–Trinajstić information content (AvgIpc) is 2.45. The summed E-state index contributed by atoms with van der Waals surface area (Å²) in [7, 11) is 0. The molecule has 0 unspecified atom stereocenters. The summed E-state index contributed by atoms with van der Waals surface area (Å²) >= 11 is 0. The first-order chi connectivity index (χ1) is 9.21. The zero-order valence-corrected chi connectivity index (χ0v) is 13.0. The third-order valence-electron chi connectivity index (χ3n) is 4.22. The number of nitrogens with one attached hydrogen (secondary N) is 1. The highest BCUT2D eigenvalue weighted by Gasteiger charge is 2.15. The molecule has 1 saturated heterocycles. The Hall–Kier alpha value is -0.610. The van der Waals surface area contributed by atoms with E-state index in [0.29, 0.717) is 0 Å². The maximum atomic E-state index is 11.8. The lowest BCUT2D eigenvalue weighted by atomic mass is 10.0. The lowest BCUT2D eigenvalue weighted by molar-refractivity contribution is -0.125. The molecule has 1 fully saturated rings. The molecule has 0 aliphatic carbocycles. The quantitative estimate of drug-likeness (QED) is 0.679. The fraction of sp³-hybridized carbons (Fsp3) is 0.933. The second-order valence-corrected chi connectivity index (χ2v) is 5.43. The van der Waals surface area contributed by atoms with Crippen LogP contribution in [0.15, 0.2) is 0 Å². The van der Waals surface area contributed by atoms with Crippen molar-refractivity contribution >= 4 is 5.91 Å². The van der Waals surface area contributed by atoms with Gasteiger partial charge in [-0.15, -0.1) is 0 Å². The summed E-state index contributed by atoms with van der Waals surface area (Å²) in [6.45, 7) is 14.2. The molecule has 19 heavy (non-hydrogen) atoms. The Labute approximate surface area is 118 Å². The van der Waals surface area contributed by atoms with Crippen molar-refractivity contribution in [3.05, 3.63) is 0 Å². The lowest BCUT2D eigenvalue weighted by Crippen LogP contribution is -2.46. The zero-order valence-electron chi connectivity index (χ0n) is 13.0. The zero-order chi connectivity index (χ0) is 14.1. The summed E-state index contributed by atoms with van der Waals surface area (Å²) < 4.78 is 0. The molecule has 1 aliphatic heterocycles. The monoisotopic (exact) mass is 269 g/mol. The van der Waals surface area contributed by atoms with E-state index in [4.69, 9.17) is 0 Å². The van der Waals surface area contributed by atoms with E-state index >= 15 is 0 Å². The molecular formula is C15H31N3O. The maximum Gasteiger partial charge on any atom is 0.223 e. The second kappa shape index (κ2) is 9.32. The van der Waals surface area contributed by atoms with Gasteiger partial charge in [0, 0.05) is 38.6 Å². The molecule has 0 aromatic heterocycles. The molecule has 1 amide bonds. The van der Waals surface area contributed by atoms with E-state index in [2.05, 4.69) is 35.9 Å². The Morgan fingerprint density at radius 3 is 2.16 bits per heavy atom. The van der Waals surface area contributed by atoms with Gasteiger partial charge in [-0.3, -0.25) is 4.79 Å². The van der Waals surface area contributed by atoms with Crippen LogP contribution in [0.25, 0.3) is 0 Å². The van der Waals surface area contributed by atoms with Crippen molar-refractivity contribution in [2.75, 3.05) is 45.8 Å². The Bertz CT molecular complexity index is 246. The van der Waals surface area contributed by atoms with Crippen molar-refractivity contribution in [2.24, 2.45) is 5.92 Å². The molecular weight excluding hydrogens is 238 g/mol. The molecule has 0 bridgehead atoms. The predicted octanol–water partition coefficient (Wildman–Crippen LogP) is 1.57. The maximum absolute atomic E-state index is 11.8. The molecule has 0 aromatic rings. The van der Waals surface area contributed by atoms with Gasteiger partial charge in [0.25, 0.3) is 0 Å². The van der Waals surface area contributed by atoms with Gasteiger partial charge in [0.05, 0.1) is 0 Å². The number of rotatable bonds is 8. The van der Waals surface area contributed by atoms with Gasteiger partial charge in [-0.25, -0.2) is 0 Å². The molecule has 0 saturated carbocycles. The van der Waals surface area contributed by atoms with E-state index in [9.17, 15) is 4.79 Å². The van der Waals surface area contributed by atoms with Crippen molar-refractivity contribution in [2.45, 2.75) is 40.0 Å². The normalized spacial score (nSPS) is 17.9. The summed E-state index contributed by atoms with van der Waals surface area (Å²) in [4.78, 5) is 16.8. The van der Waals surface area contributed by atoms with Crippen molar-refractivity contribution in [1.82, 2.24) is 15.1 Å². The van der Waals surface area contributed by atoms with Crippen molar-refractivity contribution in [3.8, 4) is 0 Å². The van der Waals surface area contributed by atoms with Crippen molar-refractivity contribution in [3.63, 3.8) is 0 Å². The van der Waals surface area contributed by atoms with E-state index in [1.807, 2.05) is 0 Å². The van der Waals surface area contributed by atoms with Crippen LogP contribution in [-0.4, -0.2) is 61.5 Å². The number of nitrogens with zero attached hydrogens (tertiary/aromatic N) is 2. The van der Waals surface area contributed by atoms with Crippen LogP contribution in [0.2, 0.25) is 0 Å². The van der Waals surface area contributed by atoms with E-state index in [1.165, 1.54) is 32.7 Å². The smallest absolute Gasteiger partial charge is 0.223 e. The molecule has 4 nitrogen and oxygen atoms in total. The van der Waals surface area contributed by atoms with E-state index in [0.717, 1.165) is 32.4 Å². The average molecular weight is 269 g/mol. The van der Waals surface area contributed by atoms with Crippen LogP contribution in [0, 0.1) is 5.92 Å². The highest BCUT2D eigenvalue weighted by molar-refractivity contribution is 5.78. The minimum Gasteiger partial charge on any atom is -0.356 e. The Balaban J connectivity index is 2.06. The number of likely N-dealkylation sites (N-methyl/N-ethyl adjacent to an activating group) is 1. The van der Waals surface area contributed by atoms with Crippen LogP contribution in [0.1, 0.15) is 40.0 Å². The molecule has 1 aliphatic rings. The van der Waals surface area contributed by atoms with E-state index in [1.54, 1.807) is 0 Å². The van der Waals surface area contributed by atoms with Crippen molar-refractivity contribution < 1.29 is 4.79 Å². The fourth-order valence-electron chi connectivity index (χ4n) is 2.65. The van der Waals surface area contributed by atoms with E-state index in [-0.39, 0.29) is 11.8 Å². The third-order valence-corrected chi connectivity index (χ3v) is 4.22. The van der Waals surface area contributed by atoms with Gasteiger partial charge in [-0.05, 0) is 32.4 Å². The molecule has 1 N–H and O–H groups in total. The number of hydrogen-bond acceptors (Lipinski definition) is 3. The molecule has 0 atom stereocenters. The summed E-state index contributed by atoms with van der Waals surface area (Å²) in [5.41, 5.74) is 0. The summed E-state index contributed by atoms with van der Waals surface area (Å²) in [5.74, 6) is 0.439. The van der Waals surface area contributed by atoms with E-state index < -0.39 is 0 Å². The molecule has 4 heteroatoms. The highest BCUT2D eigenvalue weighted by Crippen LogP contribution is 2.07. The summed E-state index contributed by atoms with van der Waals surface area (Å²) in [6, 6.07) is 0. The van der Waals surface area contributed by atoms with Crippen LogP contribution in [0.3, 0.4) is 0 Å². The summed E-state index contributed by atoms with van der Waals surface area (Å²) in [5, 5.41) is 3.07. The second-order valence-electron chi connectivity index (χ2n) is 5.43. The minimum absolute atomic E-state index is 0.202. The first-order valence-electron chi connectivity index (χ1n) is 7.93. The number of amides is 1. The standard InChI is InChI=1S/C15H31N3O/c1-4-14(5-2)15(19)16-8-7-9-18-12-10-17(6-3)11-13-18/h14H,4-13H2,1-3H3,(H,16,19).